The molecule has 1 saturated carbocycles. The highest BCUT2D eigenvalue weighted by Crippen LogP contribution is 2.39. The van der Waals surface area contributed by atoms with Crippen molar-refractivity contribution in [2.75, 3.05) is 73.7 Å². The van der Waals surface area contributed by atoms with E-state index >= 15 is 4.39 Å². The third-order valence-corrected chi connectivity index (χ3v) is 10.9. The topological polar surface area (TPSA) is 189 Å². The second-order valence-electron chi connectivity index (χ2n) is 16.5. The lowest BCUT2D eigenvalue weighted by atomic mass is 9.77. The zero-order valence-electron chi connectivity index (χ0n) is 38.6. The Balaban J connectivity index is 1.97. The van der Waals surface area contributed by atoms with Gasteiger partial charge in [0.25, 0.3) is 6.29 Å². The number of unbranched alkanes of at least 4 members (excludes halogenated alkanes) is 2. The summed E-state index contributed by atoms with van der Waals surface area (Å²) >= 11 is 0. The molecule has 0 saturated heterocycles. The number of benzene rings is 2. The van der Waals surface area contributed by atoms with Crippen LogP contribution in [-0.2, 0) is 68.3 Å². The molecule has 16 heteroatoms. The fourth-order valence-corrected chi connectivity index (χ4v) is 7.10. The third kappa shape index (κ3) is 18.7. The van der Waals surface area contributed by atoms with Crippen LogP contribution in [0.15, 0.2) is 60.7 Å². The standard InChI is InChI=1S/C49H67FO15/c1-8-9-10-12-35-14-16-36(17-15-35)37-18-20-40(41(50)28-37)38-19-21-42(39(27-38)13-11-22-59-43(51)33(2)3)62-29-49(30-63-44(52)34(4)5,31-64-47(55)45(53)60-25-23-57-6)32-65-48(56)46(54)61-26-24-58-7/h18-21,27-28,35-36,45,53H,2,4,8-17,22-26,29-32H2,1,3,5-7H3. The Bertz CT molecular complexity index is 1890. The molecule has 0 radical (unpaired) electrons. The average Bonchev–Trinajstić information content (AvgIpc) is 3.29. The van der Waals surface area contributed by atoms with Gasteiger partial charge >= 0.3 is 29.8 Å². The largest absolute Gasteiger partial charge is 0.492 e. The van der Waals surface area contributed by atoms with Gasteiger partial charge < -0.3 is 47.7 Å². The highest BCUT2D eigenvalue weighted by Gasteiger charge is 2.39. The van der Waals surface area contributed by atoms with Crippen molar-refractivity contribution in [2.45, 2.75) is 97.2 Å². The van der Waals surface area contributed by atoms with Crippen LogP contribution in [0.4, 0.5) is 4.39 Å². The Kier molecular flexibility index (Phi) is 23.9. The van der Waals surface area contributed by atoms with Gasteiger partial charge in [-0.2, -0.15) is 0 Å². The average molecular weight is 915 g/mol. The fourth-order valence-electron chi connectivity index (χ4n) is 7.10. The first-order chi connectivity index (χ1) is 31.1. The molecule has 65 heavy (non-hydrogen) atoms. The van der Waals surface area contributed by atoms with E-state index in [0.29, 0.717) is 23.1 Å². The van der Waals surface area contributed by atoms with Gasteiger partial charge in [0.1, 0.15) is 50.0 Å². The lowest BCUT2D eigenvalue weighted by molar-refractivity contribution is -0.192. The third-order valence-electron chi connectivity index (χ3n) is 10.9. The van der Waals surface area contributed by atoms with Crippen molar-refractivity contribution < 1.29 is 76.1 Å². The minimum atomic E-state index is -2.04. The molecular formula is C49H67FO15. The molecule has 2 unspecified atom stereocenters. The molecule has 360 valence electrons. The fraction of sp³-hybridized carbons (Fsp3) is 0.571. The molecule has 2 aromatic carbocycles. The number of aliphatic hydroxyl groups excluding tert-OH is 1. The highest BCUT2D eigenvalue weighted by molar-refractivity contribution is 6.29. The summed E-state index contributed by atoms with van der Waals surface area (Å²) in [5.74, 6) is -4.50. The zero-order valence-corrected chi connectivity index (χ0v) is 38.6. The van der Waals surface area contributed by atoms with E-state index in [1.165, 1.54) is 53.8 Å². The van der Waals surface area contributed by atoms with Crippen molar-refractivity contribution in [3.8, 4) is 16.9 Å². The zero-order chi connectivity index (χ0) is 47.8. The van der Waals surface area contributed by atoms with Crippen LogP contribution in [0.3, 0.4) is 0 Å². The molecule has 3 rings (SSSR count). The molecule has 1 N–H and O–H groups in total. The Labute approximate surface area is 381 Å². The number of halogens is 1. The van der Waals surface area contributed by atoms with E-state index in [1.54, 1.807) is 30.3 Å². The first-order valence-electron chi connectivity index (χ1n) is 22.1. The summed E-state index contributed by atoms with van der Waals surface area (Å²) in [5.41, 5.74) is 0.967. The van der Waals surface area contributed by atoms with Gasteiger partial charge in [-0.3, -0.25) is 0 Å². The van der Waals surface area contributed by atoms with Crippen molar-refractivity contribution in [2.24, 2.45) is 11.3 Å². The number of aliphatic hydroxyl groups is 1. The van der Waals surface area contributed by atoms with Gasteiger partial charge in [-0.25, -0.2) is 28.4 Å². The van der Waals surface area contributed by atoms with E-state index in [1.807, 2.05) is 6.07 Å². The van der Waals surface area contributed by atoms with E-state index < -0.39 is 68.0 Å². The molecule has 0 spiro atoms. The number of aryl methyl sites for hydroxylation is 1. The lowest BCUT2D eigenvalue weighted by Crippen LogP contribution is -2.46. The van der Waals surface area contributed by atoms with Crippen molar-refractivity contribution in [1.29, 1.82) is 0 Å². The predicted octanol–water partition coefficient (Wildman–Crippen LogP) is 7.14. The number of carbonyl (C=O) groups excluding carboxylic acids is 5. The Morgan fingerprint density at radius 1 is 0.723 bits per heavy atom. The van der Waals surface area contributed by atoms with Crippen LogP contribution < -0.4 is 4.74 Å². The molecule has 1 aliphatic carbocycles. The summed E-state index contributed by atoms with van der Waals surface area (Å²) in [7, 11) is 2.78. The van der Waals surface area contributed by atoms with Crippen molar-refractivity contribution in [3.05, 3.63) is 77.6 Å². The van der Waals surface area contributed by atoms with Crippen LogP contribution in [0.25, 0.3) is 11.1 Å². The van der Waals surface area contributed by atoms with Crippen LogP contribution in [-0.4, -0.2) is 115 Å². The Morgan fingerprint density at radius 3 is 1.98 bits per heavy atom. The summed E-state index contributed by atoms with van der Waals surface area (Å²) in [5, 5.41) is 10.3. The molecule has 1 fully saturated rings. The highest BCUT2D eigenvalue weighted by atomic mass is 19.1. The molecule has 0 aromatic heterocycles. The number of methoxy groups -OCH3 is 2. The minimum absolute atomic E-state index is 0.00785. The van der Waals surface area contributed by atoms with E-state index in [2.05, 4.69) is 20.1 Å². The summed E-state index contributed by atoms with van der Waals surface area (Å²) in [6, 6.07) is 10.4. The van der Waals surface area contributed by atoms with Crippen molar-refractivity contribution >= 4 is 29.8 Å². The maximum atomic E-state index is 16.1. The SMILES string of the molecule is C=C(C)C(=O)OCCCc1cc(-c2ccc(C3CCC(CCCCC)CC3)cc2F)ccc1OCC(COC(=O)C(=C)C)(COC(=O)C(=O)OCCOC)COC(=O)C(O)OCCOC. The molecule has 2 atom stereocenters. The number of hydrogen-bond donors (Lipinski definition) is 1. The minimum Gasteiger partial charge on any atom is -0.492 e. The van der Waals surface area contributed by atoms with Gasteiger partial charge in [0, 0.05) is 30.9 Å². The first kappa shape index (κ1) is 54.2. The van der Waals surface area contributed by atoms with Gasteiger partial charge in [-0.1, -0.05) is 64.0 Å². The quantitative estimate of drug-likeness (QED) is 0.0216. The van der Waals surface area contributed by atoms with Gasteiger partial charge in [0.15, 0.2) is 0 Å². The van der Waals surface area contributed by atoms with Crippen LogP contribution in [0.2, 0.25) is 0 Å². The van der Waals surface area contributed by atoms with Gasteiger partial charge in [-0.15, -0.1) is 0 Å². The number of esters is 5. The second kappa shape index (κ2) is 28.7. The maximum Gasteiger partial charge on any atom is 0.417 e. The lowest BCUT2D eigenvalue weighted by Gasteiger charge is -2.32. The summed E-state index contributed by atoms with van der Waals surface area (Å²) in [4.78, 5) is 63.0. The summed E-state index contributed by atoms with van der Waals surface area (Å²) in [6.45, 7) is 9.53. The van der Waals surface area contributed by atoms with Gasteiger partial charge in [0.05, 0.1) is 26.4 Å². The normalized spacial score (nSPS) is 16.0. The number of ether oxygens (including phenoxy) is 9. The molecule has 0 heterocycles. The summed E-state index contributed by atoms with van der Waals surface area (Å²) < 4.78 is 63.6. The molecule has 15 nitrogen and oxygen atoms in total. The molecule has 1 aliphatic rings. The predicted molar refractivity (Wildman–Crippen MR) is 237 cm³/mol. The number of carbonyl (C=O) groups is 5. The second-order valence-corrected chi connectivity index (χ2v) is 16.5. The molecule has 0 bridgehead atoms. The molecule has 0 amide bonds. The maximum absolute atomic E-state index is 16.1. The van der Waals surface area contributed by atoms with Gasteiger partial charge in [0.2, 0.25) is 0 Å². The van der Waals surface area contributed by atoms with Crippen molar-refractivity contribution in [3.63, 3.8) is 0 Å². The number of hydrogen-bond acceptors (Lipinski definition) is 15. The number of rotatable bonds is 29. The monoisotopic (exact) mass is 914 g/mol. The van der Waals surface area contributed by atoms with E-state index in [-0.39, 0.29) is 68.1 Å². The van der Waals surface area contributed by atoms with E-state index in [9.17, 15) is 29.1 Å². The van der Waals surface area contributed by atoms with Crippen LogP contribution >= 0.6 is 0 Å². The molecule has 2 aromatic rings. The first-order valence-corrected chi connectivity index (χ1v) is 22.1. The van der Waals surface area contributed by atoms with Gasteiger partial charge in [-0.05, 0) is 99.1 Å². The Morgan fingerprint density at radius 2 is 1.34 bits per heavy atom. The van der Waals surface area contributed by atoms with Crippen LogP contribution in [0.5, 0.6) is 5.75 Å². The van der Waals surface area contributed by atoms with E-state index in [4.69, 9.17) is 42.6 Å². The van der Waals surface area contributed by atoms with Crippen LogP contribution in [0.1, 0.15) is 95.6 Å². The molecular weight excluding hydrogens is 848 g/mol. The van der Waals surface area contributed by atoms with Crippen molar-refractivity contribution in [1.82, 2.24) is 0 Å². The van der Waals surface area contributed by atoms with Crippen LogP contribution in [0, 0.1) is 17.2 Å². The Hall–Kier alpha value is -5.16. The molecule has 0 aliphatic heterocycles. The van der Waals surface area contributed by atoms with E-state index in [0.717, 1.165) is 37.2 Å². The smallest absolute Gasteiger partial charge is 0.417 e. The summed E-state index contributed by atoms with van der Waals surface area (Å²) in [6.07, 6.45) is 7.83.